The zero-order chi connectivity index (χ0) is 14.5. The summed E-state index contributed by atoms with van der Waals surface area (Å²) in [5.74, 6) is 0. The Bertz CT molecular complexity index is 628. The van der Waals surface area contributed by atoms with E-state index in [0.717, 1.165) is 35.4 Å². The fraction of sp³-hybridized carbons (Fsp3) is 0.533. The van der Waals surface area contributed by atoms with Crippen LogP contribution in [0.4, 0.5) is 11.4 Å². The lowest BCUT2D eigenvalue weighted by atomic mass is 9.98. The van der Waals surface area contributed by atoms with Crippen LogP contribution in [-0.4, -0.2) is 34.5 Å². The van der Waals surface area contributed by atoms with E-state index in [2.05, 4.69) is 48.9 Å². The molecule has 1 aliphatic heterocycles. The van der Waals surface area contributed by atoms with Gasteiger partial charge in [-0.25, -0.2) is 0 Å². The highest BCUT2D eigenvalue weighted by molar-refractivity contribution is 5.89. The van der Waals surface area contributed by atoms with E-state index in [-0.39, 0.29) is 11.2 Å². The number of hydrogen-bond acceptors (Lipinski definition) is 4. The lowest BCUT2D eigenvalue weighted by Crippen LogP contribution is -2.57. The van der Waals surface area contributed by atoms with Crippen LogP contribution in [0.1, 0.15) is 27.7 Å². The zero-order valence-electron chi connectivity index (χ0n) is 12.5. The van der Waals surface area contributed by atoms with Crippen molar-refractivity contribution in [2.75, 3.05) is 23.7 Å². The molecule has 0 bridgehead atoms. The number of hydrogen-bond donors (Lipinski definition) is 2. The van der Waals surface area contributed by atoms with Crippen LogP contribution in [0.15, 0.2) is 18.3 Å². The number of benzene rings is 1. The number of aromatic nitrogens is 2. The summed E-state index contributed by atoms with van der Waals surface area (Å²) in [6.45, 7) is 10.1. The van der Waals surface area contributed by atoms with Gasteiger partial charge in [-0.05, 0) is 39.8 Å². The Morgan fingerprint density at radius 2 is 1.85 bits per heavy atom. The summed E-state index contributed by atoms with van der Waals surface area (Å²) in [5, 5.41) is 8.11. The van der Waals surface area contributed by atoms with Gasteiger partial charge in [0.05, 0.1) is 34.3 Å². The molecule has 0 atom stereocenters. The number of nitrogens with one attached hydrogen (secondary N) is 1. The van der Waals surface area contributed by atoms with E-state index < -0.39 is 0 Å². The van der Waals surface area contributed by atoms with Crippen LogP contribution in [-0.2, 0) is 4.74 Å². The summed E-state index contributed by atoms with van der Waals surface area (Å²) in [6, 6.07) is 4.05. The monoisotopic (exact) mass is 274 g/mol. The second-order valence-corrected chi connectivity index (χ2v) is 6.85. The van der Waals surface area contributed by atoms with E-state index in [9.17, 15) is 0 Å². The number of aromatic amines is 1. The number of nitrogen functional groups attached to an aromatic ring is 1. The number of H-pyrrole nitrogens is 1. The van der Waals surface area contributed by atoms with Crippen LogP contribution < -0.4 is 10.6 Å². The van der Waals surface area contributed by atoms with Gasteiger partial charge >= 0.3 is 0 Å². The van der Waals surface area contributed by atoms with Crippen molar-refractivity contribution in [3.8, 4) is 0 Å². The number of nitrogens with zero attached hydrogens (tertiary/aromatic N) is 2. The second-order valence-electron chi connectivity index (χ2n) is 6.85. The first-order valence-electron chi connectivity index (χ1n) is 6.94. The third-order valence-electron chi connectivity index (χ3n) is 3.62. The molecule has 1 aliphatic rings. The molecular formula is C15H22N4O. The molecule has 0 amide bonds. The molecule has 2 aromatic rings. The minimum absolute atomic E-state index is 0.197. The number of morpholine rings is 1. The first-order chi connectivity index (χ1) is 9.26. The number of ether oxygens (including phenoxy) is 1. The summed E-state index contributed by atoms with van der Waals surface area (Å²) in [6.07, 6.45) is 1.79. The van der Waals surface area contributed by atoms with Crippen molar-refractivity contribution < 1.29 is 4.74 Å². The van der Waals surface area contributed by atoms with Crippen LogP contribution in [0.3, 0.4) is 0 Å². The van der Waals surface area contributed by atoms with E-state index in [1.807, 2.05) is 6.07 Å². The van der Waals surface area contributed by atoms with Crippen LogP contribution in [0.25, 0.3) is 10.9 Å². The number of fused-ring (bicyclic) bond motifs is 1. The topological polar surface area (TPSA) is 67.2 Å². The predicted octanol–water partition coefficient (Wildman–Crippen LogP) is 2.54. The van der Waals surface area contributed by atoms with Gasteiger partial charge in [0.2, 0.25) is 0 Å². The Hall–Kier alpha value is -1.75. The Balaban J connectivity index is 2.03. The summed E-state index contributed by atoms with van der Waals surface area (Å²) >= 11 is 0. The summed E-state index contributed by atoms with van der Waals surface area (Å²) in [5.41, 5.74) is 8.68. The van der Waals surface area contributed by atoms with Crippen LogP contribution in [0.5, 0.6) is 0 Å². The lowest BCUT2D eigenvalue weighted by molar-refractivity contribution is -0.133. The first kappa shape index (κ1) is 13.2. The van der Waals surface area contributed by atoms with Crippen molar-refractivity contribution in [2.24, 2.45) is 0 Å². The Morgan fingerprint density at radius 1 is 1.20 bits per heavy atom. The molecule has 5 heteroatoms. The fourth-order valence-corrected chi connectivity index (χ4v) is 3.23. The van der Waals surface area contributed by atoms with Gasteiger partial charge in [-0.2, -0.15) is 5.10 Å². The number of anilines is 2. The molecule has 1 saturated heterocycles. The molecule has 1 fully saturated rings. The van der Waals surface area contributed by atoms with Gasteiger partial charge in [-0.15, -0.1) is 0 Å². The fourth-order valence-electron chi connectivity index (χ4n) is 3.23. The summed E-state index contributed by atoms with van der Waals surface area (Å²) in [7, 11) is 0. The maximum absolute atomic E-state index is 6.23. The minimum atomic E-state index is -0.197. The van der Waals surface area contributed by atoms with E-state index in [4.69, 9.17) is 10.5 Å². The maximum atomic E-state index is 6.23. The highest BCUT2D eigenvalue weighted by Crippen LogP contribution is 2.35. The smallest absolute Gasteiger partial charge is 0.0808 e. The molecule has 0 saturated carbocycles. The SMILES string of the molecule is CC1(C)CN(c2cc3[nH]ncc3cc2N)CC(C)(C)O1. The molecule has 2 heterocycles. The molecule has 1 aromatic heterocycles. The number of nitrogens with two attached hydrogens (primary N) is 1. The van der Waals surface area contributed by atoms with E-state index >= 15 is 0 Å². The van der Waals surface area contributed by atoms with Crippen molar-refractivity contribution in [3.05, 3.63) is 18.3 Å². The molecular weight excluding hydrogens is 252 g/mol. The molecule has 0 radical (unpaired) electrons. The molecule has 3 N–H and O–H groups in total. The molecule has 0 spiro atoms. The average Bonchev–Trinajstić information content (AvgIpc) is 2.70. The normalized spacial score (nSPS) is 21.3. The predicted molar refractivity (Wildman–Crippen MR) is 82.0 cm³/mol. The summed E-state index contributed by atoms with van der Waals surface area (Å²) < 4.78 is 6.12. The summed E-state index contributed by atoms with van der Waals surface area (Å²) in [4.78, 5) is 2.30. The molecule has 0 aliphatic carbocycles. The van der Waals surface area contributed by atoms with Crippen LogP contribution in [0.2, 0.25) is 0 Å². The Morgan fingerprint density at radius 3 is 2.50 bits per heavy atom. The van der Waals surface area contributed by atoms with E-state index in [0.29, 0.717) is 0 Å². The van der Waals surface area contributed by atoms with Crippen molar-refractivity contribution >= 4 is 22.3 Å². The van der Waals surface area contributed by atoms with Gasteiger partial charge in [-0.1, -0.05) is 0 Å². The highest BCUT2D eigenvalue weighted by Gasteiger charge is 2.38. The maximum Gasteiger partial charge on any atom is 0.0808 e. The van der Waals surface area contributed by atoms with Crippen molar-refractivity contribution in [2.45, 2.75) is 38.9 Å². The van der Waals surface area contributed by atoms with Gasteiger partial charge in [0.1, 0.15) is 0 Å². The third kappa shape index (κ3) is 2.33. The van der Waals surface area contributed by atoms with Crippen molar-refractivity contribution in [1.82, 2.24) is 10.2 Å². The molecule has 20 heavy (non-hydrogen) atoms. The standard InChI is InChI=1S/C15H22N4O/c1-14(2)8-19(9-15(3,4)20-14)13-6-12-10(5-11(13)16)7-17-18-12/h5-7H,8-9,16H2,1-4H3,(H,17,18). The first-order valence-corrected chi connectivity index (χ1v) is 6.94. The molecule has 0 unspecified atom stereocenters. The van der Waals surface area contributed by atoms with E-state index in [1.165, 1.54) is 0 Å². The van der Waals surface area contributed by atoms with Gasteiger partial charge in [-0.3, -0.25) is 5.10 Å². The molecule has 1 aromatic carbocycles. The largest absolute Gasteiger partial charge is 0.397 e. The van der Waals surface area contributed by atoms with Gasteiger partial charge < -0.3 is 15.4 Å². The van der Waals surface area contributed by atoms with Gasteiger partial charge in [0.25, 0.3) is 0 Å². The highest BCUT2D eigenvalue weighted by atomic mass is 16.5. The zero-order valence-corrected chi connectivity index (χ0v) is 12.5. The van der Waals surface area contributed by atoms with Crippen molar-refractivity contribution in [3.63, 3.8) is 0 Å². The Kier molecular flexibility index (Phi) is 2.73. The van der Waals surface area contributed by atoms with Crippen LogP contribution in [0, 0.1) is 0 Å². The Labute approximate surface area is 119 Å². The molecule has 108 valence electrons. The number of rotatable bonds is 1. The average molecular weight is 274 g/mol. The third-order valence-corrected chi connectivity index (χ3v) is 3.62. The van der Waals surface area contributed by atoms with Crippen LogP contribution >= 0.6 is 0 Å². The molecule has 5 nitrogen and oxygen atoms in total. The quantitative estimate of drug-likeness (QED) is 0.784. The van der Waals surface area contributed by atoms with Gasteiger partial charge in [0.15, 0.2) is 0 Å². The van der Waals surface area contributed by atoms with E-state index in [1.54, 1.807) is 6.20 Å². The van der Waals surface area contributed by atoms with Gasteiger partial charge in [0, 0.05) is 18.5 Å². The minimum Gasteiger partial charge on any atom is -0.397 e. The lowest BCUT2D eigenvalue weighted by Gasteiger charge is -2.48. The van der Waals surface area contributed by atoms with Crippen molar-refractivity contribution in [1.29, 1.82) is 0 Å². The second kappa shape index (κ2) is 4.12. The molecule has 3 rings (SSSR count).